The second-order valence-electron chi connectivity index (χ2n) is 4.58. The van der Waals surface area contributed by atoms with Gasteiger partial charge in [0.2, 0.25) is 0 Å². The Labute approximate surface area is 119 Å². The maximum atomic E-state index is 13.0. The number of hydrogen-bond donors (Lipinski definition) is 1. The van der Waals surface area contributed by atoms with Crippen molar-refractivity contribution in [3.05, 3.63) is 48.5 Å². The van der Waals surface area contributed by atoms with Gasteiger partial charge in [0.05, 0.1) is 23.8 Å². The number of hydrogen-bond acceptors (Lipinski definition) is 3. The minimum Gasteiger partial charge on any atom is -0.384 e. The van der Waals surface area contributed by atoms with Gasteiger partial charge in [-0.3, -0.25) is 4.98 Å². The van der Waals surface area contributed by atoms with E-state index in [1.807, 2.05) is 12.4 Å². The Hall–Kier alpha value is -2.10. The molecule has 0 saturated carbocycles. The Balaban J connectivity index is 2.24. The maximum Gasteiger partial charge on any atom is 0.123 e. The van der Waals surface area contributed by atoms with Gasteiger partial charge in [0.15, 0.2) is 0 Å². The van der Waals surface area contributed by atoms with Crippen LogP contribution in [0.15, 0.2) is 42.7 Å². The molecule has 2 rings (SSSR count). The third kappa shape index (κ3) is 3.47. The van der Waals surface area contributed by atoms with Crippen molar-refractivity contribution in [2.75, 3.05) is 23.3 Å². The highest BCUT2D eigenvalue weighted by molar-refractivity contribution is 5.65. The lowest BCUT2D eigenvalue weighted by atomic mass is 10.2. The van der Waals surface area contributed by atoms with Crippen molar-refractivity contribution in [3.8, 4) is 0 Å². The monoisotopic (exact) mass is 273 g/mol. The van der Waals surface area contributed by atoms with Gasteiger partial charge in [-0.15, -0.1) is 0 Å². The van der Waals surface area contributed by atoms with Crippen molar-refractivity contribution >= 4 is 17.1 Å². The van der Waals surface area contributed by atoms with Crippen LogP contribution in [-0.2, 0) is 0 Å². The lowest BCUT2D eigenvalue weighted by Gasteiger charge is -2.23. The van der Waals surface area contributed by atoms with E-state index in [4.69, 9.17) is 0 Å². The Morgan fingerprint density at radius 3 is 2.50 bits per heavy atom. The average Bonchev–Trinajstić information content (AvgIpc) is 2.48. The van der Waals surface area contributed by atoms with Crippen molar-refractivity contribution in [2.45, 2.75) is 20.3 Å². The number of pyridine rings is 1. The molecular weight excluding hydrogens is 253 g/mol. The molecule has 0 aliphatic carbocycles. The number of benzene rings is 1. The first-order chi connectivity index (χ1) is 9.74. The Bertz CT molecular complexity index is 540. The summed E-state index contributed by atoms with van der Waals surface area (Å²) in [6.45, 7) is 5.91. The fraction of sp³-hybridized carbons (Fsp3) is 0.312. The topological polar surface area (TPSA) is 28.2 Å². The average molecular weight is 273 g/mol. The van der Waals surface area contributed by atoms with E-state index in [-0.39, 0.29) is 5.82 Å². The van der Waals surface area contributed by atoms with Gasteiger partial charge in [-0.05, 0) is 43.7 Å². The molecule has 20 heavy (non-hydrogen) atoms. The van der Waals surface area contributed by atoms with Crippen LogP contribution in [0.3, 0.4) is 0 Å². The molecule has 2 aromatic rings. The fourth-order valence-electron chi connectivity index (χ4n) is 2.08. The van der Waals surface area contributed by atoms with E-state index in [1.54, 1.807) is 12.1 Å². The zero-order valence-corrected chi connectivity index (χ0v) is 11.9. The van der Waals surface area contributed by atoms with E-state index in [9.17, 15) is 4.39 Å². The van der Waals surface area contributed by atoms with Gasteiger partial charge in [0, 0.05) is 18.8 Å². The minimum absolute atomic E-state index is 0.221. The van der Waals surface area contributed by atoms with Gasteiger partial charge in [-0.2, -0.15) is 0 Å². The van der Waals surface area contributed by atoms with E-state index < -0.39 is 0 Å². The zero-order valence-electron chi connectivity index (χ0n) is 11.9. The molecule has 0 bridgehead atoms. The number of rotatable bonds is 6. The molecule has 1 heterocycles. The molecule has 1 N–H and O–H groups in total. The van der Waals surface area contributed by atoms with Crippen LogP contribution in [-0.4, -0.2) is 18.1 Å². The van der Waals surface area contributed by atoms with Crippen LogP contribution in [0.5, 0.6) is 0 Å². The molecule has 106 valence electrons. The third-order valence-corrected chi connectivity index (χ3v) is 3.07. The number of nitrogens with one attached hydrogen (secondary N) is 1. The Morgan fingerprint density at radius 2 is 1.85 bits per heavy atom. The molecule has 0 unspecified atom stereocenters. The maximum absolute atomic E-state index is 13.0. The van der Waals surface area contributed by atoms with Crippen molar-refractivity contribution in [2.24, 2.45) is 0 Å². The first kappa shape index (κ1) is 14.3. The predicted octanol–water partition coefficient (Wildman–Crippen LogP) is 4.20. The van der Waals surface area contributed by atoms with Gasteiger partial charge < -0.3 is 10.2 Å². The highest BCUT2D eigenvalue weighted by Crippen LogP contribution is 2.26. The number of aromatic nitrogens is 1. The molecule has 0 aliphatic rings. The van der Waals surface area contributed by atoms with E-state index in [0.717, 1.165) is 36.6 Å². The molecule has 0 saturated heterocycles. The van der Waals surface area contributed by atoms with Crippen molar-refractivity contribution in [1.82, 2.24) is 4.98 Å². The van der Waals surface area contributed by atoms with Crippen molar-refractivity contribution < 1.29 is 4.39 Å². The standard InChI is InChI=1S/C16H20FN3/c1-3-9-19-14-10-16(12-18-11-14)20(4-2)15-7-5-13(17)6-8-15/h5-8,10-12,19H,3-4,9H2,1-2H3. The fourth-order valence-corrected chi connectivity index (χ4v) is 2.08. The highest BCUT2D eigenvalue weighted by Gasteiger charge is 2.08. The third-order valence-electron chi connectivity index (χ3n) is 3.07. The quantitative estimate of drug-likeness (QED) is 0.855. The van der Waals surface area contributed by atoms with Crippen LogP contribution < -0.4 is 10.2 Å². The van der Waals surface area contributed by atoms with Gasteiger partial charge in [-0.1, -0.05) is 6.92 Å². The van der Waals surface area contributed by atoms with Crippen molar-refractivity contribution in [3.63, 3.8) is 0 Å². The second-order valence-corrected chi connectivity index (χ2v) is 4.58. The van der Waals surface area contributed by atoms with Crippen LogP contribution in [0.25, 0.3) is 0 Å². The summed E-state index contributed by atoms with van der Waals surface area (Å²) in [4.78, 5) is 6.37. The number of anilines is 3. The minimum atomic E-state index is -0.221. The molecular formula is C16H20FN3. The van der Waals surface area contributed by atoms with E-state index in [2.05, 4.69) is 35.1 Å². The number of halogens is 1. The van der Waals surface area contributed by atoms with E-state index >= 15 is 0 Å². The first-order valence-corrected chi connectivity index (χ1v) is 6.96. The molecule has 0 radical (unpaired) electrons. The summed E-state index contributed by atoms with van der Waals surface area (Å²) in [6.07, 6.45) is 4.71. The lowest BCUT2D eigenvalue weighted by Crippen LogP contribution is -2.16. The van der Waals surface area contributed by atoms with Crippen LogP contribution >= 0.6 is 0 Å². The summed E-state index contributed by atoms with van der Waals surface area (Å²) < 4.78 is 13.0. The summed E-state index contributed by atoms with van der Waals surface area (Å²) >= 11 is 0. The van der Waals surface area contributed by atoms with Crippen molar-refractivity contribution in [1.29, 1.82) is 0 Å². The molecule has 0 amide bonds. The smallest absolute Gasteiger partial charge is 0.123 e. The lowest BCUT2D eigenvalue weighted by molar-refractivity contribution is 0.628. The van der Waals surface area contributed by atoms with E-state index in [1.165, 1.54) is 12.1 Å². The summed E-state index contributed by atoms with van der Waals surface area (Å²) in [7, 11) is 0. The van der Waals surface area contributed by atoms with Crippen LogP contribution in [0.4, 0.5) is 21.5 Å². The van der Waals surface area contributed by atoms with Gasteiger partial charge in [-0.25, -0.2) is 4.39 Å². The largest absolute Gasteiger partial charge is 0.384 e. The van der Waals surface area contributed by atoms with Gasteiger partial charge >= 0.3 is 0 Å². The van der Waals surface area contributed by atoms with E-state index in [0.29, 0.717) is 0 Å². The predicted molar refractivity (Wildman–Crippen MR) is 82.1 cm³/mol. The first-order valence-electron chi connectivity index (χ1n) is 6.96. The molecule has 0 atom stereocenters. The Kier molecular flexibility index (Phi) is 4.93. The Morgan fingerprint density at radius 1 is 1.10 bits per heavy atom. The van der Waals surface area contributed by atoms with Gasteiger partial charge in [0.25, 0.3) is 0 Å². The highest BCUT2D eigenvalue weighted by atomic mass is 19.1. The van der Waals surface area contributed by atoms with Crippen LogP contribution in [0.1, 0.15) is 20.3 Å². The second kappa shape index (κ2) is 6.89. The number of nitrogens with zero attached hydrogens (tertiary/aromatic N) is 2. The molecule has 1 aromatic carbocycles. The van der Waals surface area contributed by atoms with Gasteiger partial charge in [0.1, 0.15) is 5.82 Å². The summed E-state index contributed by atoms with van der Waals surface area (Å²) in [6, 6.07) is 8.58. The SMILES string of the molecule is CCCNc1cncc(N(CC)c2ccc(F)cc2)c1. The van der Waals surface area contributed by atoms with Crippen LogP contribution in [0.2, 0.25) is 0 Å². The normalized spacial score (nSPS) is 10.3. The molecule has 3 nitrogen and oxygen atoms in total. The zero-order chi connectivity index (χ0) is 14.4. The molecule has 0 aliphatic heterocycles. The molecule has 4 heteroatoms. The summed E-state index contributed by atoms with van der Waals surface area (Å²) in [5.74, 6) is -0.221. The summed E-state index contributed by atoms with van der Waals surface area (Å²) in [5.41, 5.74) is 2.97. The molecule has 1 aromatic heterocycles. The molecule has 0 spiro atoms. The summed E-state index contributed by atoms with van der Waals surface area (Å²) in [5, 5.41) is 3.33. The van der Waals surface area contributed by atoms with Crippen LogP contribution in [0, 0.1) is 5.82 Å². The molecule has 0 fully saturated rings.